The van der Waals surface area contributed by atoms with Gasteiger partial charge in [0.1, 0.15) is 0 Å². The summed E-state index contributed by atoms with van der Waals surface area (Å²) in [6.45, 7) is 5.45. The maximum atomic E-state index is 11.8. The van der Waals surface area contributed by atoms with E-state index in [0.717, 1.165) is 16.5 Å². The smallest absolute Gasteiger partial charge is 0.233 e. The van der Waals surface area contributed by atoms with Crippen LogP contribution in [0.3, 0.4) is 0 Å². The third-order valence-electron chi connectivity index (χ3n) is 3.01. The number of aliphatic hydroxyl groups is 1. The van der Waals surface area contributed by atoms with E-state index in [1.54, 1.807) is 19.9 Å². The molecule has 19 heavy (non-hydrogen) atoms. The van der Waals surface area contributed by atoms with Crippen LogP contribution in [0.15, 0.2) is 29.7 Å². The van der Waals surface area contributed by atoms with E-state index >= 15 is 0 Å². The molecule has 0 fully saturated rings. The predicted octanol–water partition coefficient (Wildman–Crippen LogP) is 1.90. The zero-order valence-electron chi connectivity index (χ0n) is 11.5. The summed E-state index contributed by atoms with van der Waals surface area (Å²) in [5, 5.41) is 10.1. The van der Waals surface area contributed by atoms with Crippen molar-refractivity contribution in [2.45, 2.75) is 26.8 Å². The molecule has 0 saturated heterocycles. The number of nitrogens with one attached hydrogen (secondary N) is 1. The fourth-order valence-electron chi connectivity index (χ4n) is 1.42. The Bertz CT molecular complexity index is 520. The SMILES string of the molecule is Cc1ccc(/C=C/S(=O)(=O)NC(C)C(C)CO)cc1. The Kier molecular flexibility index (Phi) is 5.72. The summed E-state index contributed by atoms with van der Waals surface area (Å²) >= 11 is 0. The van der Waals surface area contributed by atoms with Crippen LogP contribution in [0.5, 0.6) is 0 Å². The fourth-order valence-corrected chi connectivity index (χ4v) is 2.58. The van der Waals surface area contributed by atoms with E-state index in [-0.39, 0.29) is 18.6 Å². The first-order valence-corrected chi connectivity index (χ1v) is 7.76. The summed E-state index contributed by atoms with van der Waals surface area (Å²) in [6, 6.07) is 7.27. The van der Waals surface area contributed by atoms with Crippen molar-refractivity contribution in [3.63, 3.8) is 0 Å². The van der Waals surface area contributed by atoms with E-state index < -0.39 is 10.0 Å². The molecule has 0 aliphatic heterocycles. The summed E-state index contributed by atoms with van der Waals surface area (Å²) in [5.41, 5.74) is 1.96. The first-order chi connectivity index (χ1) is 8.84. The molecule has 2 unspecified atom stereocenters. The Hall–Kier alpha value is -1.17. The molecule has 5 heteroatoms. The van der Waals surface area contributed by atoms with Gasteiger partial charge in [-0.3, -0.25) is 0 Å². The Morgan fingerprint density at radius 2 is 1.84 bits per heavy atom. The molecule has 2 atom stereocenters. The molecule has 0 aliphatic carbocycles. The van der Waals surface area contributed by atoms with Gasteiger partial charge in [-0.2, -0.15) is 0 Å². The van der Waals surface area contributed by atoms with Gasteiger partial charge >= 0.3 is 0 Å². The van der Waals surface area contributed by atoms with Gasteiger partial charge in [0.2, 0.25) is 10.0 Å². The van der Waals surface area contributed by atoms with Crippen LogP contribution >= 0.6 is 0 Å². The van der Waals surface area contributed by atoms with E-state index in [0.29, 0.717) is 0 Å². The summed E-state index contributed by atoms with van der Waals surface area (Å²) in [7, 11) is -3.49. The molecule has 0 aromatic heterocycles. The van der Waals surface area contributed by atoms with Crippen LogP contribution in [-0.2, 0) is 10.0 Å². The molecule has 0 bridgehead atoms. The monoisotopic (exact) mass is 283 g/mol. The largest absolute Gasteiger partial charge is 0.396 e. The number of hydrogen-bond acceptors (Lipinski definition) is 3. The molecule has 0 saturated carbocycles. The van der Waals surface area contributed by atoms with Gasteiger partial charge in [-0.25, -0.2) is 13.1 Å². The minimum atomic E-state index is -3.49. The first kappa shape index (κ1) is 15.9. The highest BCUT2D eigenvalue weighted by atomic mass is 32.2. The maximum Gasteiger partial charge on any atom is 0.233 e. The molecule has 0 aliphatic rings. The third-order valence-corrected chi connectivity index (χ3v) is 4.20. The number of benzene rings is 1. The number of rotatable bonds is 6. The van der Waals surface area contributed by atoms with Crippen molar-refractivity contribution in [1.29, 1.82) is 0 Å². The van der Waals surface area contributed by atoms with Crippen molar-refractivity contribution in [3.8, 4) is 0 Å². The number of hydrogen-bond donors (Lipinski definition) is 2. The normalized spacial score (nSPS) is 15.6. The molecule has 1 aromatic carbocycles. The predicted molar refractivity (Wildman–Crippen MR) is 78.0 cm³/mol. The Balaban J connectivity index is 2.71. The standard InChI is InChI=1S/C14H21NO3S/c1-11-4-6-14(7-5-11)8-9-19(17,18)15-13(3)12(2)10-16/h4-9,12-13,15-16H,10H2,1-3H3/b9-8+. The van der Waals surface area contributed by atoms with Gasteiger partial charge in [-0.15, -0.1) is 0 Å². The molecule has 4 nitrogen and oxygen atoms in total. The van der Waals surface area contributed by atoms with Crippen molar-refractivity contribution in [3.05, 3.63) is 40.8 Å². The van der Waals surface area contributed by atoms with Crippen LogP contribution in [0.4, 0.5) is 0 Å². The minimum absolute atomic E-state index is 0.0502. The molecule has 2 N–H and O–H groups in total. The van der Waals surface area contributed by atoms with Crippen LogP contribution < -0.4 is 4.72 Å². The Morgan fingerprint density at radius 1 is 1.26 bits per heavy atom. The van der Waals surface area contributed by atoms with Gasteiger partial charge in [0.25, 0.3) is 0 Å². The summed E-state index contributed by atoms with van der Waals surface area (Å²) in [6.07, 6.45) is 1.55. The Morgan fingerprint density at radius 3 is 2.37 bits per heavy atom. The lowest BCUT2D eigenvalue weighted by Gasteiger charge is -2.17. The van der Waals surface area contributed by atoms with Crippen molar-refractivity contribution in [1.82, 2.24) is 4.72 Å². The molecular formula is C14H21NO3S. The van der Waals surface area contributed by atoms with Gasteiger partial charge in [-0.05, 0) is 31.4 Å². The van der Waals surface area contributed by atoms with Gasteiger partial charge in [-0.1, -0.05) is 36.8 Å². The van der Waals surface area contributed by atoms with Gasteiger partial charge < -0.3 is 5.11 Å². The topological polar surface area (TPSA) is 66.4 Å². The molecule has 1 aromatic rings. The lowest BCUT2D eigenvalue weighted by Crippen LogP contribution is -2.37. The quantitative estimate of drug-likeness (QED) is 0.838. The van der Waals surface area contributed by atoms with Crippen molar-refractivity contribution < 1.29 is 13.5 Å². The first-order valence-electron chi connectivity index (χ1n) is 6.22. The molecule has 106 valence electrons. The summed E-state index contributed by atoms with van der Waals surface area (Å²) < 4.78 is 26.2. The maximum absolute atomic E-state index is 11.8. The van der Waals surface area contributed by atoms with E-state index in [2.05, 4.69) is 4.72 Å². The molecule has 0 radical (unpaired) electrons. The van der Waals surface area contributed by atoms with E-state index in [1.807, 2.05) is 31.2 Å². The molecule has 0 heterocycles. The lowest BCUT2D eigenvalue weighted by molar-refractivity contribution is 0.216. The van der Waals surface area contributed by atoms with Crippen LogP contribution in [0.1, 0.15) is 25.0 Å². The molecule has 0 spiro atoms. The average molecular weight is 283 g/mol. The van der Waals surface area contributed by atoms with E-state index in [9.17, 15) is 8.42 Å². The molecule has 0 amide bonds. The Labute approximate surface area is 115 Å². The summed E-state index contributed by atoms with van der Waals surface area (Å²) in [5.74, 6) is -0.123. The van der Waals surface area contributed by atoms with Crippen molar-refractivity contribution in [2.24, 2.45) is 5.92 Å². The van der Waals surface area contributed by atoms with Crippen LogP contribution in [-0.4, -0.2) is 26.2 Å². The average Bonchev–Trinajstić information content (AvgIpc) is 2.36. The number of aliphatic hydroxyl groups excluding tert-OH is 1. The second-order valence-electron chi connectivity index (χ2n) is 4.82. The zero-order chi connectivity index (χ0) is 14.5. The highest BCUT2D eigenvalue weighted by Gasteiger charge is 2.16. The highest BCUT2D eigenvalue weighted by Crippen LogP contribution is 2.08. The second kappa shape index (κ2) is 6.84. The van der Waals surface area contributed by atoms with Crippen molar-refractivity contribution in [2.75, 3.05) is 6.61 Å². The van der Waals surface area contributed by atoms with Crippen LogP contribution in [0, 0.1) is 12.8 Å². The third kappa shape index (κ3) is 5.55. The minimum Gasteiger partial charge on any atom is -0.396 e. The van der Waals surface area contributed by atoms with Crippen LogP contribution in [0.2, 0.25) is 0 Å². The van der Waals surface area contributed by atoms with Gasteiger partial charge in [0.05, 0.1) is 0 Å². The highest BCUT2D eigenvalue weighted by molar-refractivity contribution is 7.92. The van der Waals surface area contributed by atoms with Gasteiger partial charge in [0, 0.05) is 18.1 Å². The van der Waals surface area contributed by atoms with Crippen LogP contribution in [0.25, 0.3) is 6.08 Å². The molecule has 1 rings (SSSR count). The zero-order valence-corrected chi connectivity index (χ0v) is 12.3. The lowest BCUT2D eigenvalue weighted by atomic mass is 10.1. The van der Waals surface area contributed by atoms with Crippen molar-refractivity contribution >= 4 is 16.1 Å². The van der Waals surface area contributed by atoms with E-state index in [1.165, 1.54) is 0 Å². The second-order valence-corrected chi connectivity index (χ2v) is 6.42. The van der Waals surface area contributed by atoms with E-state index in [4.69, 9.17) is 5.11 Å². The molecular weight excluding hydrogens is 262 g/mol. The fraction of sp³-hybridized carbons (Fsp3) is 0.429. The number of aryl methyl sites for hydroxylation is 1. The summed E-state index contributed by atoms with van der Waals surface area (Å²) in [4.78, 5) is 0. The van der Waals surface area contributed by atoms with Gasteiger partial charge in [0.15, 0.2) is 0 Å². The number of sulfonamides is 1.